The number of hydrogen-bond donors (Lipinski definition) is 1. The van der Waals surface area contributed by atoms with Crippen molar-refractivity contribution in [3.63, 3.8) is 0 Å². The van der Waals surface area contributed by atoms with Gasteiger partial charge in [-0.05, 0) is 66.1 Å². The van der Waals surface area contributed by atoms with Gasteiger partial charge in [-0.1, -0.05) is 24.3 Å². The number of ether oxygens (including phenoxy) is 2. The third-order valence-corrected chi connectivity index (χ3v) is 6.76. The number of nitrogens with one attached hydrogen (secondary N) is 1. The van der Waals surface area contributed by atoms with E-state index in [1.807, 2.05) is 6.08 Å². The average molecular weight is 455 g/mol. The minimum atomic E-state index is -1.76. The van der Waals surface area contributed by atoms with Gasteiger partial charge in [-0.25, -0.2) is 4.39 Å². The van der Waals surface area contributed by atoms with Crippen LogP contribution in [0.2, 0.25) is 0 Å². The van der Waals surface area contributed by atoms with Crippen molar-refractivity contribution in [3.05, 3.63) is 71.1 Å². The van der Waals surface area contributed by atoms with Crippen LogP contribution in [0.4, 0.5) is 4.39 Å². The lowest BCUT2D eigenvalue weighted by atomic mass is 9.53. The number of halogens is 1. The summed E-state index contributed by atoms with van der Waals surface area (Å²) in [6, 6.07) is 17.7. The quantitative estimate of drug-likeness (QED) is 0.605. The molecule has 170 valence electrons. The van der Waals surface area contributed by atoms with Crippen molar-refractivity contribution in [3.8, 4) is 29.7 Å². The molecule has 0 radical (unpaired) electrons. The molecule has 2 aliphatic carbocycles. The normalized spacial score (nSPS) is 22.9. The van der Waals surface area contributed by atoms with E-state index in [0.29, 0.717) is 22.6 Å². The highest BCUT2D eigenvalue weighted by Gasteiger charge is 2.57. The highest BCUT2D eigenvalue weighted by atomic mass is 19.1. The first kappa shape index (κ1) is 23.0. The summed E-state index contributed by atoms with van der Waals surface area (Å²) in [7, 11) is 1.50. The van der Waals surface area contributed by atoms with E-state index in [9.17, 15) is 20.2 Å². The van der Waals surface area contributed by atoms with E-state index in [2.05, 4.69) is 18.2 Å². The molecule has 34 heavy (non-hydrogen) atoms. The molecule has 0 unspecified atom stereocenters. The minimum absolute atomic E-state index is 0.140. The van der Waals surface area contributed by atoms with Gasteiger partial charge >= 0.3 is 0 Å². The molecule has 2 aromatic carbocycles. The molecule has 0 aliphatic heterocycles. The second kappa shape index (κ2) is 9.38. The van der Waals surface area contributed by atoms with Crippen LogP contribution in [0.5, 0.6) is 11.5 Å². The maximum atomic E-state index is 13.5. The summed E-state index contributed by atoms with van der Waals surface area (Å²) < 4.78 is 24.9. The van der Waals surface area contributed by atoms with Gasteiger partial charge in [-0.2, -0.15) is 15.8 Å². The van der Waals surface area contributed by atoms with Crippen LogP contribution in [-0.2, 0) is 6.61 Å². The number of benzene rings is 2. The maximum Gasteiger partial charge on any atom is 0.189 e. The summed E-state index contributed by atoms with van der Waals surface area (Å²) in [5, 5.41) is 38.7. The zero-order chi connectivity index (χ0) is 24.3. The Morgan fingerprint density at radius 2 is 1.91 bits per heavy atom. The van der Waals surface area contributed by atoms with Crippen LogP contribution >= 0.6 is 0 Å². The van der Waals surface area contributed by atoms with Crippen LogP contribution in [-0.4, -0.2) is 12.8 Å². The third-order valence-electron chi connectivity index (χ3n) is 6.76. The van der Waals surface area contributed by atoms with Gasteiger partial charge in [0, 0.05) is 5.92 Å². The first-order chi connectivity index (χ1) is 16.5. The fraction of sp³-hybridized carbons (Fsp3) is 0.333. The lowest BCUT2D eigenvalue weighted by Gasteiger charge is -2.45. The van der Waals surface area contributed by atoms with Crippen molar-refractivity contribution in [2.24, 2.45) is 17.3 Å². The monoisotopic (exact) mass is 454 g/mol. The molecular formula is C27H23FN4O2. The van der Waals surface area contributed by atoms with Crippen LogP contribution in [0.15, 0.2) is 54.1 Å². The van der Waals surface area contributed by atoms with Crippen molar-refractivity contribution in [2.75, 3.05) is 7.11 Å². The first-order valence-corrected chi connectivity index (χ1v) is 11.0. The van der Waals surface area contributed by atoms with E-state index in [1.165, 1.54) is 19.2 Å². The Balaban J connectivity index is 1.74. The van der Waals surface area contributed by atoms with Crippen LogP contribution in [0.1, 0.15) is 36.3 Å². The van der Waals surface area contributed by atoms with Gasteiger partial charge in [-0.15, -0.1) is 0 Å². The Labute approximate surface area is 198 Å². The Morgan fingerprint density at radius 3 is 2.59 bits per heavy atom. The molecule has 0 bridgehead atoms. The maximum absolute atomic E-state index is 13.5. The highest BCUT2D eigenvalue weighted by molar-refractivity contribution is 6.00. The molecule has 1 N–H and O–H groups in total. The van der Waals surface area contributed by atoms with Crippen LogP contribution in [0, 0.1) is 62.5 Å². The van der Waals surface area contributed by atoms with E-state index in [0.717, 1.165) is 24.8 Å². The Kier molecular flexibility index (Phi) is 6.35. The smallest absolute Gasteiger partial charge is 0.189 e. The zero-order valence-electron chi connectivity index (χ0n) is 18.7. The molecule has 6 nitrogen and oxygen atoms in total. The van der Waals surface area contributed by atoms with Gasteiger partial charge in [-0.3, -0.25) is 0 Å². The molecule has 2 aromatic rings. The van der Waals surface area contributed by atoms with Gasteiger partial charge in [0.15, 0.2) is 16.9 Å². The summed E-state index contributed by atoms with van der Waals surface area (Å²) in [4.78, 5) is 0. The predicted octanol–water partition coefficient (Wildman–Crippen LogP) is 5.43. The van der Waals surface area contributed by atoms with Gasteiger partial charge in [0.25, 0.3) is 0 Å². The van der Waals surface area contributed by atoms with Crippen LogP contribution in [0.25, 0.3) is 0 Å². The van der Waals surface area contributed by atoms with Crippen molar-refractivity contribution >= 4 is 5.71 Å². The zero-order valence-corrected chi connectivity index (χ0v) is 18.7. The molecule has 0 saturated heterocycles. The Bertz CT molecular complexity index is 1270. The summed E-state index contributed by atoms with van der Waals surface area (Å²) in [6.45, 7) is 0.140. The Morgan fingerprint density at radius 1 is 1.12 bits per heavy atom. The van der Waals surface area contributed by atoms with Gasteiger partial charge < -0.3 is 14.9 Å². The number of hydrogen-bond acceptors (Lipinski definition) is 6. The summed E-state index contributed by atoms with van der Waals surface area (Å²) >= 11 is 0. The van der Waals surface area contributed by atoms with E-state index in [1.54, 1.807) is 30.3 Å². The average Bonchev–Trinajstić information content (AvgIpc) is 2.87. The molecular weight excluding hydrogens is 431 g/mol. The Hall–Kier alpha value is -4.15. The van der Waals surface area contributed by atoms with Crippen molar-refractivity contribution < 1.29 is 13.9 Å². The SMILES string of the molecule is COc1cc([C@@H]2[C@@H]3CCCC=C3[C@H](C#N)C(=N)C2(C#N)C#N)ccc1OCc1cccc(F)c1. The predicted molar refractivity (Wildman–Crippen MR) is 122 cm³/mol. The first-order valence-electron chi connectivity index (χ1n) is 11.0. The van der Waals surface area contributed by atoms with Crippen molar-refractivity contribution in [1.29, 1.82) is 21.2 Å². The van der Waals surface area contributed by atoms with E-state index in [4.69, 9.17) is 14.9 Å². The van der Waals surface area contributed by atoms with E-state index >= 15 is 0 Å². The number of rotatable bonds is 5. The van der Waals surface area contributed by atoms with Crippen molar-refractivity contribution in [2.45, 2.75) is 31.8 Å². The minimum Gasteiger partial charge on any atom is -0.493 e. The second-order valence-electron chi connectivity index (χ2n) is 8.56. The lowest BCUT2D eigenvalue weighted by Crippen LogP contribution is -2.48. The fourth-order valence-corrected chi connectivity index (χ4v) is 5.17. The van der Waals surface area contributed by atoms with Crippen molar-refractivity contribution in [1.82, 2.24) is 0 Å². The highest BCUT2D eigenvalue weighted by Crippen LogP contribution is 2.55. The van der Waals surface area contributed by atoms with E-state index < -0.39 is 17.3 Å². The molecule has 4 rings (SSSR count). The standard InChI is InChI=1S/C27H23FN4O2/c1-33-24-12-18(9-10-23(24)34-14-17-5-4-6-19(28)11-17)25-21-8-3-2-7-20(21)22(13-29)26(32)27(25,15-30)16-31/h4-7,9-12,21-22,25,32H,2-3,8,14H2,1H3/t21-,22+,25-/m1/s1. The molecule has 0 heterocycles. The molecule has 7 heteroatoms. The second-order valence-corrected chi connectivity index (χ2v) is 8.56. The largest absolute Gasteiger partial charge is 0.493 e. The third kappa shape index (κ3) is 3.78. The fourth-order valence-electron chi connectivity index (χ4n) is 5.17. The molecule has 1 saturated carbocycles. The molecule has 1 fully saturated rings. The summed E-state index contributed by atoms with van der Waals surface area (Å²) in [5.41, 5.74) is 0.251. The molecule has 3 atom stereocenters. The number of fused-ring (bicyclic) bond motifs is 1. The summed E-state index contributed by atoms with van der Waals surface area (Å²) in [5.74, 6) is -1.17. The molecule has 0 amide bonds. The summed E-state index contributed by atoms with van der Waals surface area (Å²) in [6.07, 6.45) is 4.42. The number of nitrogens with zero attached hydrogens (tertiary/aromatic N) is 3. The number of methoxy groups -OCH3 is 1. The number of nitriles is 3. The molecule has 0 spiro atoms. The number of allylic oxidation sites excluding steroid dienone is 2. The lowest BCUT2D eigenvalue weighted by molar-refractivity contribution is 0.282. The molecule has 0 aromatic heterocycles. The topological polar surface area (TPSA) is 114 Å². The van der Waals surface area contributed by atoms with Gasteiger partial charge in [0.2, 0.25) is 0 Å². The van der Waals surface area contributed by atoms with E-state index in [-0.39, 0.29) is 24.1 Å². The van der Waals surface area contributed by atoms with Gasteiger partial charge in [0.1, 0.15) is 18.3 Å². The molecule has 2 aliphatic rings. The van der Waals surface area contributed by atoms with Crippen LogP contribution in [0.3, 0.4) is 0 Å². The van der Waals surface area contributed by atoms with Crippen LogP contribution < -0.4 is 9.47 Å². The van der Waals surface area contributed by atoms with Gasteiger partial charge in [0.05, 0.1) is 31.0 Å².